The molecule has 3 aromatic rings. The Morgan fingerprint density at radius 1 is 0.742 bits per heavy atom. The summed E-state index contributed by atoms with van der Waals surface area (Å²) in [6.07, 6.45) is 0. The number of amides is 2. The first kappa shape index (κ1) is 21.1. The van der Waals surface area contributed by atoms with Crippen LogP contribution in [0.2, 0.25) is 5.02 Å². The van der Waals surface area contributed by atoms with Crippen LogP contribution in [0.15, 0.2) is 78.9 Å². The van der Waals surface area contributed by atoms with Crippen LogP contribution in [0.4, 0.5) is 4.39 Å². The molecule has 1 heterocycles. The van der Waals surface area contributed by atoms with Gasteiger partial charge >= 0.3 is 0 Å². The second-order valence-electron chi connectivity index (χ2n) is 7.47. The third-order valence-corrected chi connectivity index (χ3v) is 5.88. The van der Waals surface area contributed by atoms with Crippen LogP contribution in [-0.4, -0.2) is 47.8 Å². The van der Waals surface area contributed by atoms with Gasteiger partial charge in [-0.1, -0.05) is 78.3 Å². The van der Waals surface area contributed by atoms with E-state index in [9.17, 15) is 14.0 Å². The van der Waals surface area contributed by atoms with Crippen LogP contribution < -0.4 is 0 Å². The molecular formula is C25H22ClFN2O2. The molecule has 0 aromatic heterocycles. The van der Waals surface area contributed by atoms with Crippen molar-refractivity contribution in [2.45, 2.75) is 5.92 Å². The number of piperazine rings is 1. The van der Waals surface area contributed by atoms with E-state index in [1.54, 1.807) is 9.80 Å². The largest absolute Gasteiger partial charge is 0.338 e. The summed E-state index contributed by atoms with van der Waals surface area (Å²) in [6, 6.07) is 23.6. The maximum atomic E-state index is 14.1. The van der Waals surface area contributed by atoms with Gasteiger partial charge in [0.1, 0.15) is 5.82 Å². The zero-order valence-electron chi connectivity index (χ0n) is 16.9. The minimum Gasteiger partial charge on any atom is -0.338 e. The Bertz CT molecular complexity index is 1010. The van der Waals surface area contributed by atoms with E-state index in [1.807, 2.05) is 60.7 Å². The monoisotopic (exact) mass is 436 g/mol. The van der Waals surface area contributed by atoms with Crippen molar-refractivity contribution in [1.29, 1.82) is 0 Å². The molecule has 0 spiro atoms. The van der Waals surface area contributed by atoms with Gasteiger partial charge in [0.15, 0.2) is 0 Å². The molecule has 0 bridgehead atoms. The van der Waals surface area contributed by atoms with Gasteiger partial charge < -0.3 is 9.80 Å². The number of benzene rings is 3. The van der Waals surface area contributed by atoms with E-state index in [4.69, 9.17) is 11.6 Å². The number of hydrogen-bond donors (Lipinski definition) is 0. The predicted octanol–water partition coefficient (Wildman–Crippen LogP) is 4.60. The lowest BCUT2D eigenvalue weighted by molar-refractivity contribution is -0.133. The highest BCUT2D eigenvalue weighted by Gasteiger charge is 2.32. The van der Waals surface area contributed by atoms with Crippen LogP contribution in [-0.2, 0) is 4.79 Å². The third-order valence-electron chi connectivity index (χ3n) is 5.57. The predicted molar refractivity (Wildman–Crippen MR) is 119 cm³/mol. The Labute approximate surface area is 185 Å². The fraction of sp³-hybridized carbons (Fsp3) is 0.200. The van der Waals surface area contributed by atoms with Gasteiger partial charge in [0, 0.05) is 26.2 Å². The van der Waals surface area contributed by atoms with E-state index in [2.05, 4.69) is 0 Å². The van der Waals surface area contributed by atoms with Crippen LogP contribution in [0, 0.1) is 5.82 Å². The number of carbonyl (C=O) groups excluding carboxylic acids is 2. The topological polar surface area (TPSA) is 40.6 Å². The van der Waals surface area contributed by atoms with Crippen molar-refractivity contribution >= 4 is 23.4 Å². The molecule has 2 amide bonds. The standard InChI is InChI=1S/C25H22ClFN2O2/c26-20-12-7-13-21(27)23(20)25(31)29-16-14-28(15-17-29)24(30)22(18-8-3-1-4-9-18)19-10-5-2-6-11-19/h1-13,22H,14-17H2. The van der Waals surface area contributed by atoms with Crippen molar-refractivity contribution in [3.05, 3.63) is 106 Å². The van der Waals surface area contributed by atoms with Crippen LogP contribution in [0.3, 0.4) is 0 Å². The van der Waals surface area contributed by atoms with Gasteiger partial charge in [0.2, 0.25) is 5.91 Å². The van der Waals surface area contributed by atoms with E-state index in [0.717, 1.165) is 11.1 Å². The molecule has 0 radical (unpaired) electrons. The highest BCUT2D eigenvalue weighted by atomic mass is 35.5. The maximum Gasteiger partial charge on any atom is 0.258 e. The molecule has 6 heteroatoms. The summed E-state index contributed by atoms with van der Waals surface area (Å²) in [5.74, 6) is -1.50. The quantitative estimate of drug-likeness (QED) is 0.600. The van der Waals surface area contributed by atoms with Crippen molar-refractivity contribution in [3.8, 4) is 0 Å². The summed E-state index contributed by atoms with van der Waals surface area (Å²) >= 11 is 6.05. The molecule has 4 nitrogen and oxygen atoms in total. The molecule has 4 rings (SSSR count). The first-order valence-corrected chi connectivity index (χ1v) is 10.6. The van der Waals surface area contributed by atoms with E-state index in [-0.39, 0.29) is 16.5 Å². The fourth-order valence-corrected chi connectivity index (χ4v) is 4.19. The van der Waals surface area contributed by atoms with Gasteiger partial charge in [-0.15, -0.1) is 0 Å². The molecule has 0 atom stereocenters. The molecule has 0 unspecified atom stereocenters. The number of carbonyl (C=O) groups is 2. The molecule has 0 saturated carbocycles. The van der Waals surface area contributed by atoms with Gasteiger partial charge in [-0.25, -0.2) is 4.39 Å². The number of halogens is 2. The summed E-state index contributed by atoms with van der Waals surface area (Å²) < 4.78 is 14.1. The van der Waals surface area contributed by atoms with Gasteiger partial charge in [-0.2, -0.15) is 0 Å². The van der Waals surface area contributed by atoms with Crippen molar-refractivity contribution in [1.82, 2.24) is 9.80 Å². The molecule has 1 aliphatic rings. The molecule has 1 aliphatic heterocycles. The summed E-state index contributed by atoms with van der Waals surface area (Å²) in [7, 11) is 0. The minimum atomic E-state index is -0.635. The Kier molecular flexibility index (Phi) is 6.33. The first-order chi connectivity index (χ1) is 15.1. The van der Waals surface area contributed by atoms with Gasteiger partial charge in [0.25, 0.3) is 5.91 Å². The lowest BCUT2D eigenvalue weighted by Gasteiger charge is -2.36. The summed E-state index contributed by atoms with van der Waals surface area (Å²) in [5, 5.41) is 0.0942. The molecule has 1 saturated heterocycles. The average molecular weight is 437 g/mol. The lowest BCUT2D eigenvalue weighted by atomic mass is 9.90. The first-order valence-electron chi connectivity index (χ1n) is 10.2. The third kappa shape index (κ3) is 4.47. The Morgan fingerprint density at radius 3 is 1.77 bits per heavy atom. The van der Waals surface area contributed by atoms with E-state index in [1.165, 1.54) is 18.2 Å². The Hall–Kier alpha value is -3.18. The van der Waals surface area contributed by atoms with Crippen LogP contribution in [0.5, 0.6) is 0 Å². The van der Waals surface area contributed by atoms with Gasteiger partial charge in [0.05, 0.1) is 16.5 Å². The second-order valence-corrected chi connectivity index (χ2v) is 7.88. The Morgan fingerprint density at radius 2 is 1.26 bits per heavy atom. The summed E-state index contributed by atoms with van der Waals surface area (Å²) in [5.41, 5.74) is 1.74. The lowest BCUT2D eigenvalue weighted by Crippen LogP contribution is -2.51. The number of nitrogens with zero attached hydrogens (tertiary/aromatic N) is 2. The molecule has 0 aliphatic carbocycles. The van der Waals surface area contributed by atoms with E-state index in [0.29, 0.717) is 26.2 Å². The normalized spacial score (nSPS) is 14.0. The fourth-order valence-electron chi connectivity index (χ4n) is 3.94. The SMILES string of the molecule is O=C(c1c(F)cccc1Cl)N1CCN(C(=O)C(c2ccccc2)c2ccccc2)CC1. The van der Waals surface area contributed by atoms with Gasteiger partial charge in [-0.3, -0.25) is 9.59 Å². The number of hydrogen-bond acceptors (Lipinski definition) is 2. The number of rotatable bonds is 4. The van der Waals surface area contributed by atoms with Crippen molar-refractivity contribution in [3.63, 3.8) is 0 Å². The van der Waals surface area contributed by atoms with E-state index < -0.39 is 17.6 Å². The van der Waals surface area contributed by atoms with E-state index >= 15 is 0 Å². The molecule has 0 N–H and O–H groups in total. The van der Waals surface area contributed by atoms with Crippen molar-refractivity contribution in [2.75, 3.05) is 26.2 Å². The summed E-state index contributed by atoms with van der Waals surface area (Å²) in [4.78, 5) is 29.6. The van der Waals surface area contributed by atoms with Crippen molar-refractivity contribution < 1.29 is 14.0 Å². The zero-order chi connectivity index (χ0) is 21.8. The van der Waals surface area contributed by atoms with Gasteiger partial charge in [-0.05, 0) is 23.3 Å². The second kappa shape index (κ2) is 9.31. The maximum absolute atomic E-state index is 14.1. The molecular weight excluding hydrogens is 415 g/mol. The van der Waals surface area contributed by atoms with Crippen LogP contribution in [0.25, 0.3) is 0 Å². The molecule has 3 aromatic carbocycles. The van der Waals surface area contributed by atoms with Crippen LogP contribution >= 0.6 is 11.6 Å². The zero-order valence-corrected chi connectivity index (χ0v) is 17.6. The average Bonchev–Trinajstić information content (AvgIpc) is 2.80. The Balaban J connectivity index is 1.51. The molecule has 31 heavy (non-hydrogen) atoms. The minimum absolute atomic E-state index is 0.00609. The summed E-state index contributed by atoms with van der Waals surface area (Å²) in [6.45, 7) is 1.41. The smallest absolute Gasteiger partial charge is 0.258 e. The highest BCUT2D eigenvalue weighted by Crippen LogP contribution is 2.28. The highest BCUT2D eigenvalue weighted by molar-refractivity contribution is 6.33. The van der Waals surface area contributed by atoms with Crippen molar-refractivity contribution in [2.24, 2.45) is 0 Å². The van der Waals surface area contributed by atoms with Crippen LogP contribution in [0.1, 0.15) is 27.4 Å². The molecule has 1 fully saturated rings. The molecule has 158 valence electrons.